The van der Waals surface area contributed by atoms with Gasteiger partial charge in [-0.25, -0.2) is 0 Å². The summed E-state index contributed by atoms with van der Waals surface area (Å²) >= 11 is 0. The molecule has 1 aromatic rings. The van der Waals surface area contributed by atoms with E-state index in [0.29, 0.717) is 0 Å². The van der Waals surface area contributed by atoms with Crippen LogP contribution in [0.4, 0.5) is 0 Å². The van der Waals surface area contributed by atoms with Gasteiger partial charge in [-0.2, -0.15) is 0 Å². The second kappa shape index (κ2) is 11.9. The first kappa shape index (κ1) is 25.7. The zero-order valence-corrected chi connectivity index (χ0v) is 18.0. The van der Waals surface area contributed by atoms with Crippen molar-refractivity contribution in [2.45, 2.75) is 57.0 Å². The normalized spacial score (nSPS) is 27.2. The highest BCUT2D eigenvalue weighted by molar-refractivity contribution is 5.87. The van der Waals surface area contributed by atoms with Crippen molar-refractivity contribution in [1.29, 1.82) is 0 Å². The second-order valence-corrected chi connectivity index (χ2v) is 7.82. The molecule has 1 fully saturated rings. The van der Waals surface area contributed by atoms with Crippen LogP contribution in [0, 0.1) is 5.92 Å². The van der Waals surface area contributed by atoms with Crippen molar-refractivity contribution in [1.82, 2.24) is 10.6 Å². The highest BCUT2D eigenvalue weighted by Gasteiger charge is 2.45. The number of amides is 3. The molecule has 1 aliphatic rings. The minimum Gasteiger partial charge on any atom is -0.394 e. The molecule has 178 valence electrons. The first-order valence-electron chi connectivity index (χ1n) is 10.3. The Morgan fingerprint density at radius 2 is 1.84 bits per heavy atom. The summed E-state index contributed by atoms with van der Waals surface area (Å²) in [6, 6.07) is 7.06. The predicted molar refractivity (Wildman–Crippen MR) is 112 cm³/mol. The SMILES string of the molecule is CC(=O)N[C@@H]1C(OC[C@H](C)C(=O)N[C@@H](Cc2ccccc2)C(N)=O)OC(CO)[C@@H](O)[C@@H]1O. The number of ether oxygens (including phenoxy) is 2. The van der Waals surface area contributed by atoms with Gasteiger partial charge in [-0.1, -0.05) is 37.3 Å². The molecule has 32 heavy (non-hydrogen) atoms. The zero-order valence-electron chi connectivity index (χ0n) is 18.0. The topological polar surface area (TPSA) is 180 Å². The molecule has 7 atom stereocenters. The molecule has 0 aliphatic carbocycles. The third-order valence-corrected chi connectivity index (χ3v) is 5.15. The van der Waals surface area contributed by atoms with Crippen molar-refractivity contribution in [3.05, 3.63) is 35.9 Å². The summed E-state index contributed by atoms with van der Waals surface area (Å²) in [5, 5.41) is 34.7. The number of hydrogen-bond acceptors (Lipinski definition) is 8. The standard InChI is InChI=1S/C21H31N3O8/c1-11(20(30)24-14(19(22)29)8-13-6-4-3-5-7-13)10-31-21-16(23-12(2)26)18(28)17(27)15(9-25)32-21/h3-7,11,14-18,21,25,27-28H,8-10H2,1-2H3,(H2,22,29)(H,23,26)(H,24,30)/t11-,14-,15?,16-,17+,18+,21?/m0/s1. The average molecular weight is 453 g/mol. The minimum atomic E-state index is -1.45. The van der Waals surface area contributed by atoms with Gasteiger partial charge in [-0.3, -0.25) is 14.4 Å². The Bertz CT molecular complexity index is 778. The lowest BCUT2D eigenvalue weighted by atomic mass is 9.97. The minimum absolute atomic E-state index is 0.190. The largest absolute Gasteiger partial charge is 0.394 e. The van der Waals surface area contributed by atoms with Crippen molar-refractivity contribution in [2.24, 2.45) is 11.7 Å². The zero-order chi connectivity index (χ0) is 23.8. The maximum atomic E-state index is 12.6. The van der Waals surface area contributed by atoms with E-state index >= 15 is 0 Å². The predicted octanol–water partition coefficient (Wildman–Crippen LogP) is -2.20. The summed E-state index contributed by atoms with van der Waals surface area (Å²) in [5.41, 5.74) is 6.26. The van der Waals surface area contributed by atoms with Crippen molar-refractivity contribution in [3.63, 3.8) is 0 Å². The molecule has 2 unspecified atom stereocenters. The molecule has 0 radical (unpaired) electrons. The maximum absolute atomic E-state index is 12.6. The number of hydrogen-bond donors (Lipinski definition) is 6. The van der Waals surface area contributed by atoms with Crippen LogP contribution >= 0.6 is 0 Å². The summed E-state index contributed by atoms with van der Waals surface area (Å²) in [6.07, 6.45) is -5.01. The van der Waals surface area contributed by atoms with E-state index in [0.717, 1.165) is 5.56 Å². The molecule has 1 aliphatic heterocycles. The van der Waals surface area contributed by atoms with E-state index in [2.05, 4.69) is 10.6 Å². The van der Waals surface area contributed by atoms with Crippen LogP contribution in [0.2, 0.25) is 0 Å². The monoisotopic (exact) mass is 453 g/mol. The third kappa shape index (κ3) is 6.97. The molecule has 0 aromatic heterocycles. The molecule has 1 saturated heterocycles. The van der Waals surface area contributed by atoms with Crippen molar-refractivity contribution < 1.29 is 39.2 Å². The van der Waals surface area contributed by atoms with Gasteiger partial charge in [0.15, 0.2) is 6.29 Å². The van der Waals surface area contributed by atoms with Gasteiger partial charge in [-0.15, -0.1) is 0 Å². The summed E-state index contributed by atoms with van der Waals surface area (Å²) < 4.78 is 11.1. The lowest BCUT2D eigenvalue weighted by Crippen LogP contribution is -2.64. The van der Waals surface area contributed by atoms with Crippen LogP contribution in [0.5, 0.6) is 0 Å². The Balaban J connectivity index is 1.98. The number of primary amides is 1. The molecule has 11 heteroatoms. The number of carbonyl (C=O) groups excluding carboxylic acids is 3. The summed E-state index contributed by atoms with van der Waals surface area (Å²) in [7, 11) is 0. The number of benzene rings is 1. The molecule has 2 rings (SSSR count). The van der Waals surface area contributed by atoms with Gasteiger partial charge < -0.3 is 41.2 Å². The number of aliphatic hydroxyl groups is 3. The molecule has 1 aromatic carbocycles. The molecule has 1 heterocycles. The van der Waals surface area contributed by atoms with E-state index in [4.69, 9.17) is 15.2 Å². The molecular weight excluding hydrogens is 422 g/mol. The lowest BCUT2D eigenvalue weighted by Gasteiger charge is -2.42. The fourth-order valence-electron chi connectivity index (χ4n) is 3.31. The Labute approximate surface area is 185 Å². The van der Waals surface area contributed by atoms with E-state index in [9.17, 15) is 29.7 Å². The van der Waals surface area contributed by atoms with Crippen LogP contribution in [0.25, 0.3) is 0 Å². The molecule has 0 spiro atoms. The number of nitrogens with two attached hydrogens (primary N) is 1. The summed E-state index contributed by atoms with van der Waals surface area (Å²) in [6.45, 7) is 2.01. The van der Waals surface area contributed by atoms with Crippen LogP contribution in [0.15, 0.2) is 30.3 Å². The molecular formula is C21H31N3O8. The van der Waals surface area contributed by atoms with Crippen molar-refractivity contribution in [3.8, 4) is 0 Å². The van der Waals surface area contributed by atoms with Gasteiger partial charge in [0.05, 0.1) is 19.1 Å². The first-order valence-corrected chi connectivity index (χ1v) is 10.3. The van der Waals surface area contributed by atoms with Gasteiger partial charge in [0.25, 0.3) is 0 Å². The Morgan fingerprint density at radius 1 is 1.19 bits per heavy atom. The van der Waals surface area contributed by atoms with Gasteiger partial charge in [0, 0.05) is 13.3 Å². The van der Waals surface area contributed by atoms with E-state index in [1.165, 1.54) is 6.92 Å². The molecule has 3 amide bonds. The molecule has 7 N–H and O–H groups in total. The quantitative estimate of drug-likeness (QED) is 0.231. The highest BCUT2D eigenvalue weighted by atomic mass is 16.7. The van der Waals surface area contributed by atoms with Crippen LogP contribution in [0.3, 0.4) is 0 Å². The van der Waals surface area contributed by atoms with Crippen LogP contribution in [0.1, 0.15) is 19.4 Å². The average Bonchev–Trinajstić information content (AvgIpc) is 2.76. The van der Waals surface area contributed by atoms with E-state index in [1.807, 2.05) is 30.3 Å². The molecule has 0 bridgehead atoms. The van der Waals surface area contributed by atoms with Gasteiger partial charge in [0.1, 0.15) is 30.4 Å². The Morgan fingerprint density at radius 3 is 2.41 bits per heavy atom. The van der Waals surface area contributed by atoms with Gasteiger partial charge in [-0.05, 0) is 5.56 Å². The second-order valence-electron chi connectivity index (χ2n) is 7.82. The van der Waals surface area contributed by atoms with Crippen molar-refractivity contribution >= 4 is 17.7 Å². The fourth-order valence-corrected chi connectivity index (χ4v) is 3.31. The smallest absolute Gasteiger partial charge is 0.240 e. The summed E-state index contributed by atoms with van der Waals surface area (Å²) in [4.78, 5) is 35.8. The van der Waals surface area contributed by atoms with Crippen LogP contribution in [-0.4, -0.2) is 82.9 Å². The maximum Gasteiger partial charge on any atom is 0.240 e. The first-order chi connectivity index (χ1) is 15.1. The number of nitrogens with one attached hydrogen (secondary N) is 2. The fraction of sp³-hybridized carbons (Fsp3) is 0.571. The van der Waals surface area contributed by atoms with E-state index < -0.39 is 66.9 Å². The Hall–Kier alpha value is -2.57. The van der Waals surface area contributed by atoms with Crippen molar-refractivity contribution in [2.75, 3.05) is 13.2 Å². The summed E-state index contributed by atoms with van der Waals surface area (Å²) in [5.74, 6) is -2.40. The van der Waals surface area contributed by atoms with Crippen LogP contribution in [-0.2, 0) is 30.3 Å². The Kier molecular flexibility index (Phi) is 9.54. The van der Waals surface area contributed by atoms with Gasteiger partial charge in [0.2, 0.25) is 17.7 Å². The highest BCUT2D eigenvalue weighted by Crippen LogP contribution is 2.22. The third-order valence-electron chi connectivity index (χ3n) is 5.15. The van der Waals surface area contributed by atoms with E-state index in [-0.39, 0.29) is 13.0 Å². The van der Waals surface area contributed by atoms with Gasteiger partial charge >= 0.3 is 0 Å². The van der Waals surface area contributed by atoms with E-state index in [1.54, 1.807) is 6.92 Å². The molecule has 11 nitrogen and oxygen atoms in total. The molecule has 0 saturated carbocycles. The van der Waals surface area contributed by atoms with Crippen LogP contribution < -0.4 is 16.4 Å². The number of carbonyl (C=O) groups is 3. The lowest BCUT2D eigenvalue weighted by molar-refractivity contribution is -0.271. The number of rotatable bonds is 10. The number of aliphatic hydroxyl groups excluding tert-OH is 3.